The Bertz CT molecular complexity index is 506. The number of fused-ring (bicyclic) bond motifs is 1. The highest BCUT2D eigenvalue weighted by molar-refractivity contribution is 7.19. The molecule has 1 unspecified atom stereocenters. The number of nitrogens with one attached hydrogen (secondary N) is 1. The summed E-state index contributed by atoms with van der Waals surface area (Å²) in [5.41, 5.74) is 0.630. The lowest BCUT2D eigenvalue weighted by molar-refractivity contribution is 0.417. The monoisotopic (exact) mass is 259 g/mol. The SMILES string of the molecule is CCC1(CNC(C)c2cc3ccccc3s2)CC1. The summed E-state index contributed by atoms with van der Waals surface area (Å²) in [6.07, 6.45) is 4.14. The Balaban J connectivity index is 1.69. The maximum absolute atomic E-state index is 3.72. The fraction of sp³-hybridized carbons (Fsp3) is 0.500. The van der Waals surface area contributed by atoms with Crippen LogP contribution < -0.4 is 5.32 Å². The van der Waals surface area contributed by atoms with Gasteiger partial charge >= 0.3 is 0 Å². The molecule has 0 saturated heterocycles. The van der Waals surface area contributed by atoms with Crippen molar-refractivity contribution in [3.05, 3.63) is 35.2 Å². The van der Waals surface area contributed by atoms with Crippen LogP contribution in [-0.2, 0) is 0 Å². The van der Waals surface area contributed by atoms with Crippen LogP contribution in [0, 0.1) is 5.41 Å². The molecule has 0 bridgehead atoms. The maximum atomic E-state index is 3.72. The molecule has 3 rings (SSSR count). The van der Waals surface area contributed by atoms with Gasteiger partial charge in [-0.3, -0.25) is 0 Å². The van der Waals surface area contributed by atoms with E-state index in [2.05, 4.69) is 49.5 Å². The fourth-order valence-electron chi connectivity index (χ4n) is 2.52. The first-order chi connectivity index (χ1) is 8.72. The van der Waals surface area contributed by atoms with E-state index in [0.29, 0.717) is 11.5 Å². The van der Waals surface area contributed by atoms with Crippen molar-refractivity contribution >= 4 is 21.4 Å². The predicted molar refractivity (Wildman–Crippen MR) is 80.2 cm³/mol. The summed E-state index contributed by atoms with van der Waals surface area (Å²) in [6, 6.07) is 11.5. The zero-order chi connectivity index (χ0) is 12.6. The fourth-order valence-corrected chi connectivity index (χ4v) is 3.61. The molecule has 0 spiro atoms. The molecular weight excluding hydrogens is 238 g/mol. The summed E-state index contributed by atoms with van der Waals surface area (Å²) in [7, 11) is 0. The van der Waals surface area contributed by atoms with Gasteiger partial charge in [0.05, 0.1) is 0 Å². The number of thiophene rings is 1. The first-order valence-electron chi connectivity index (χ1n) is 6.94. The first kappa shape index (κ1) is 12.2. The second-order valence-corrected chi connectivity index (χ2v) is 6.76. The maximum Gasteiger partial charge on any atom is 0.0386 e. The molecule has 0 radical (unpaired) electrons. The smallest absolute Gasteiger partial charge is 0.0386 e. The van der Waals surface area contributed by atoms with Gasteiger partial charge in [0, 0.05) is 22.2 Å². The molecule has 1 saturated carbocycles. The topological polar surface area (TPSA) is 12.0 Å². The number of rotatable bonds is 5. The average Bonchev–Trinajstić information content (AvgIpc) is 3.05. The molecule has 96 valence electrons. The third-order valence-corrected chi connectivity index (χ3v) is 5.66. The summed E-state index contributed by atoms with van der Waals surface area (Å²) < 4.78 is 1.40. The minimum Gasteiger partial charge on any atom is -0.309 e. The van der Waals surface area contributed by atoms with E-state index in [0.717, 1.165) is 0 Å². The Morgan fingerprint density at radius 1 is 1.33 bits per heavy atom. The minimum atomic E-state index is 0.478. The van der Waals surface area contributed by atoms with Crippen molar-refractivity contribution in [3.63, 3.8) is 0 Å². The van der Waals surface area contributed by atoms with Gasteiger partial charge in [0.2, 0.25) is 0 Å². The number of hydrogen-bond donors (Lipinski definition) is 1. The molecule has 1 N–H and O–H groups in total. The first-order valence-corrected chi connectivity index (χ1v) is 7.76. The lowest BCUT2D eigenvalue weighted by atomic mass is 10.0. The van der Waals surface area contributed by atoms with E-state index in [9.17, 15) is 0 Å². The minimum absolute atomic E-state index is 0.478. The van der Waals surface area contributed by atoms with Crippen LogP contribution in [0.5, 0.6) is 0 Å². The zero-order valence-electron chi connectivity index (χ0n) is 11.2. The predicted octanol–water partition coefficient (Wildman–Crippen LogP) is 4.74. The molecule has 2 aromatic rings. The van der Waals surface area contributed by atoms with E-state index in [1.54, 1.807) is 0 Å². The van der Waals surface area contributed by atoms with Crippen LogP contribution in [0.2, 0.25) is 0 Å². The van der Waals surface area contributed by atoms with Gasteiger partial charge in [-0.2, -0.15) is 0 Å². The molecule has 1 aliphatic carbocycles. The third-order valence-electron chi connectivity index (χ3n) is 4.36. The van der Waals surface area contributed by atoms with Gasteiger partial charge in [0.25, 0.3) is 0 Å². The number of benzene rings is 1. The van der Waals surface area contributed by atoms with Crippen molar-refractivity contribution < 1.29 is 0 Å². The lowest BCUT2D eigenvalue weighted by Crippen LogP contribution is -2.25. The number of hydrogen-bond acceptors (Lipinski definition) is 2. The summed E-state index contributed by atoms with van der Waals surface area (Å²) in [4.78, 5) is 1.46. The van der Waals surface area contributed by atoms with E-state index in [1.807, 2.05) is 11.3 Å². The Labute approximate surface area is 113 Å². The summed E-state index contributed by atoms with van der Waals surface area (Å²) >= 11 is 1.92. The molecule has 0 aliphatic heterocycles. The van der Waals surface area contributed by atoms with Gasteiger partial charge in [-0.1, -0.05) is 25.1 Å². The van der Waals surface area contributed by atoms with Gasteiger partial charge in [-0.05, 0) is 49.1 Å². The Morgan fingerprint density at radius 3 is 2.78 bits per heavy atom. The Hall–Kier alpha value is -0.860. The summed E-state index contributed by atoms with van der Waals surface area (Å²) in [5.74, 6) is 0. The van der Waals surface area contributed by atoms with Crippen LogP contribution in [0.4, 0.5) is 0 Å². The van der Waals surface area contributed by atoms with Crippen molar-refractivity contribution in [2.24, 2.45) is 5.41 Å². The molecule has 0 amide bonds. The molecule has 1 aromatic heterocycles. The van der Waals surface area contributed by atoms with Crippen LogP contribution in [0.3, 0.4) is 0 Å². The molecule has 1 heterocycles. The van der Waals surface area contributed by atoms with E-state index >= 15 is 0 Å². The van der Waals surface area contributed by atoms with Crippen molar-refractivity contribution in [2.45, 2.75) is 39.2 Å². The van der Waals surface area contributed by atoms with Crippen molar-refractivity contribution in [1.82, 2.24) is 5.32 Å². The second kappa shape index (κ2) is 4.67. The second-order valence-electron chi connectivity index (χ2n) is 5.64. The molecule has 18 heavy (non-hydrogen) atoms. The largest absolute Gasteiger partial charge is 0.309 e. The van der Waals surface area contributed by atoms with Crippen molar-refractivity contribution in [2.75, 3.05) is 6.54 Å². The van der Waals surface area contributed by atoms with Gasteiger partial charge in [0.15, 0.2) is 0 Å². The van der Waals surface area contributed by atoms with E-state index < -0.39 is 0 Å². The Morgan fingerprint density at radius 2 is 2.11 bits per heavy atom. The van der Waals surface area contributed by atoms with Gasteiger partial charge in [-0.25, -0.2) is 0 Å². The highest BCUT2D eigenvalue weighted by Gasteiger charge is 2.40. The molecule has 2 heteroatoms. The highest BCUT2D eigenvalue weighted by Crippen LogP contribution is 2.48. The molecule has 1 aliphatic rings. The van der Waals surface area contributed by atoms with Gasteiger partial charge < -0.3 is 5.32 Å². The van der Waals surface area contributed by atoms with Crippen LogP contribution >= 0.6 is 11.3 Å². The normalized spacial score (nSPS) is 19.0. The summed E-state index contributed by atoms with van der Waals surface area (Å²) in [6.45, 7) is 5.79. The van der Waals surface area contributed by atoms with Crippen molar-refractivity contribution in [1.29, 1.82) is 0 Å². The Kier molecular flexibility index (Phi) is 3.16. The molecule has 1 nitrogen and oxygen atoms in total. The zero-order valence-corrected chi connectivity index (χ0v) is 12.0. The van der Waals surface area contributed by atoms with Crippen LogP contribution in [-0.4, -0.2) is 6.54 Å². The standard InChI is InChI=1S/C16H21NS/c1-3-16(8-9-16)11-17-12(2)15-10-13-6-4-5-7-14(13)18-15/h4-7,10,12,17H,3,8-9,11H2,1-2H3. The van der Waals surface area contributed by atoms with E-state index in [1.165, 1.54) is 40.8 Å². The van der Waals surface area contributed by atoms with Gasteiger partial charge in [-0.15, -0.1) is 11.3 Å². The molecule has 1 atom stereocenters. The van der Waals surface area contributed by atoms with Crippen LogP contribution in [0.25, 0.3) is 10.1 Å². The summed E-state index contributed by atoms with van der Waals surface area (Å²) in [5, 5.41) is 5.10. The van der Waals surface area contributed by atoms with E-state index in [4.69, 9.17) is 0 Å². The van der Waals surface area contributed by atoms with Crippen molar-refractivity contribution in [3.8, 4) is 0 Å². The van der Waals surface area contributed by atoms with Gasteiger partial charge in [0.1, 0.15) is 0 Å². The average molecular weight is 259 g/mol. The highest BCUT2D eigenvalue weighted by atomic mass is 32.1. The molecular formula is C16H21NS. The quantitative estimate of drug-likeness (QED) is 0.817. The van der Waals surface area contributed by atoms with Crippen LogP contribution in [0.15, 0.2) is 30.3 Å². The third kappa shape index (κ3) is 2.32. The lowest BCUT2D eigenvalue weighted by Gasteiger charge is -2.17. The molecule has 1 fully saturated rings. The van der Waals surface area contributed by atoms with Crippen LogP contribution in [0.1, 0.15) is 44.0 Å². The molecule has 1 aromatic carbocycles. The van der Waals surface area contributed by atoms with E-state index in [-0.39, 0.29) is 0 Å².